The molecule has 0 aromatic heterocycles. The van der Waals surface area contributed by atoms with Gasteiger partial charge in [0.2, 0.25) is 5.91 Å². The molecular weight excluding hydrogens is 502 g/mol. The van der Waals surface area contributed by atoms with Crippen molar-refractivity contribution in [3.8, 4) is 0 Å². The molecule has 0 fully saturated rings. The maximum Gasteiger partial charge on any atom is 0.312 e. The van der Waals surface area contributed by atoms with Crippen molar-refractivity contribution in [2.75, 3.05) is 5.32 Å². The maximum atomic E-state index is 11.9. The smallest absolute Gasteiger partial charge is 0.312 e. The third-order valence-corrected chi connectivity index (χ3v) is 7.65. The van der Waals surface area contributed by atoms with Crippen molar-refractivity contribution in [2.45, 2.75) is 100 Å². The number of carbonyl (C=O) groups excluding carboxylic acids is 1. The zero-order chi connectivity index (χ0) is 27.8. The van der Waals surface area contributed by atoms with E-state index in [1.54, 1.807) is 18.2 Å². The molecule has 2 unspecified atom stereocenters. The standard InChI is InChI=1S/C30H41NO6S/c1-2-3-4-5-6-7-8-12-22-13-9-14-23(19-22)30(26(32)17-11-18-28(34)35)38-25-16-10-15-24(20-25)31-27(33)21-29(36)37/h9-10,13-16,19-20,26,30,32H,2-8,11-12,17-18,21H2,1H3,(H,31,33)(H,34,35)(H,36,37). The van der Waals surface area contributed by atoms with E-state index in [2.05, 4.69) is 24.4 Å². The van der Waals surface area contributed by atoms with Gasteiger partial charge in [-0.2, -0.15) is 0 Å². The molecule has 0 radical (unpaired) electrons. The van der Waals surface area contributed by atoms with E-state index in [1.807, 2.05) is 18.2 Å². The van der Waals surface area contributed by atoms with Crippen LogP contribution < -0.4 is 5.32 Å². The zero-order valence-electron chi connectivity index (χ0n) is 22.2. The summed E-state index contributed by atoms with van der Waals surface area (Å²) in [4.78, 5) is 34.5. The molecule has 2 aromatic rings. The van der Waals surface area contributed by atoms with E-state index in [-0.39, 0.29) is 11.7 Å². The number of carboxylic acids is 2. The second kappa shape index (κ2) is 17.6. The second-order valence-corrected chi connectivity index (χ2v) is 10.9. The van der Waals surface area contributed by atoms with Crippen LogP contribution in [0, 0.1) is 0 Å². The number of thioether (sulfide) groups is 1. The van der Waals surface area contributed by atoms with Crippen molar-refractivity contribution in [3.63, 3.8) is 0 Å². The van der Waals surface area contributed by atoms with E-state index in [0.717, 1.165) is 23.3 Å². The largest absolute Gasteiger partial charge is 0.481 e. The fourth-order valence-corrected chi connectivity index (χ4v) is 5.55. The predicted molar refractivity (Wildman–Crippen MR) is 152 cm³/mol. The van der Waals surface area contributed by atoms with Crippen molar-refractivity contribution in [1.82, 2.24) is 0 Å². The van der Waals surface area contributed by atoms with Gasteiger partial charge in [0.1, 0.15) is 6.42 Å². The van der Waals surface area contributed by atoms with Gasteiger partial charge in [-0.15, -0.1) is 11.8 Å². The molecule has 0 bridgehead atoms. The summed E-state index contributed by atoms with van der Waals surface area (Å²) >= 11 is 1.45. The molecule has 0 aliphatic heterocycles. The zero-order valence-corrected chi connectivity index (χ0v) is 23.0. The van der Waals surface area contributed by atoms with E-state index in [0.29, 0.717) is 18.5 Å². The Morgan fingerprint density at radius 3 is 2.29 bits per heavy atom. The summed E-state index contributed by atoms with van der Waals surface area (Å²) in [6.07, 6.45) is 9.00. The average molecular weight is 544 g/mol. The number of carboxylic acid groups (broad SMARTS) is 2. The number of aryl methyl sites for hydroxylation is 1. The molecule has 4 N–H and O–H groups in total. The van der Waals surface area contributed by atoms with Gasteiger partial charge in [-0.1, -0.05) is 75.8 Å². The Labute approximate surface area is 230 Å². The van der Waals surface area contributed by atoms with Crippen LogP contribution in [0.5, 0.6) is 0 Å². The maximum absolute atomic E-state index is 11.9. The number of anilines is 1. The SMILES string of the molecule is CCCCCCCCCc1cccc(C(Sc2cccc(NC(=O)CC(=O)O)c2)C(O)CCCC(=O)O)c1. The Hall–Kier alpha value is -2.84. The first-order chi connectivity index (χ1) is 18.3. The summed E-state index contributed by atoms with van der Waals surface area (Å²) in [5.41, 5.74) is 2.67. The third-order valence-electron chi connectivity index (χ3n) is 6.28. The normalized spacial score (nSPS) is 12.6. The number of nitrogens with one attached hydrogen (secondary N) is 1. The van der Waals surface area contributed by atoms with Gasteiger partial charge in [0.15, 0.2) is 0 Å². The number of carbonyl (C=O) groups is 3. The summed E-state index contributed by atoms with van der Waals surface area (Å²) in [6, 6.07) is 15.3. The summed E-state index contributed by atoms with van der Waals surface area (Å²) < 4.78 is 0. The van der Waals surface area contributed by atoms with Crippen LogP contribution in [0.2, 0.25) is 0 Å². The summed E-state index contributed by atoms with van der Waals surface area (Å²) in [5.74, 6) is -2.69. The summed E-state index contributed by atoms with van der Waals surface area (Å²) in [5, 5.41) is 31.2. The van der Waals surface area contributed by atoms with E-state index in [4.69, 9.17) is 10.2 Å². The minimum atomic E-state index is -1.20. The molecular formula is C30H41NO6S. The van der Waals surface area contributed by atoms with Gasteiger partial charge in [-0.05, 0) is 55.0 Å². The van der Waals surface area contributed by atoms with E-state index < -0.39 is 30.4 Å². The number of amides is 1. The Bertz CT molecular complexity index is 1030. The molecule has 1 amide bonds. The molecule has 208 valence electrons. The van der Waals surface area contributed by atoms with Gasteiger partial charge in [0.25, 0.3) is 0 Å². The van der Waals surface area contributed by atoms with E-state index in [1.165, 1.54) is 55.9 Å². The first kappa shape index (κ1) is 31.4. The van der Waals surface area contributed by atoms with Gasteiger partial charge in [-0.3, -0.25) is 14.4 Å². The van der Waals surface area contributed by atoms with Crippen LogP contribution in [0.1, 0.15) is 93.9 Å². The average Bonchev–Trinajstić information content (AvgIpc) is 2.86. The number of unbranched alkanes of at least 4 members (excludes halogenated alkanes) is 6. The monoisotopic (exact) mass is 543 g/mol. The van der Waals surface area contributed by atoms with Crippen molar-refractivity contribution in [2.24, 2.45) is 0 Å². The van der Waals surface area contributed by atoms with Gasteiger partial charge < -0.3 is 20.6 Å². The fraction of sp³-hybridized carbons (Fsp3) is 0.500. The molecule has 0 saturated carbocycles. The van der Waals surface area contributed by atoms with E-state index >= 15 is 0 Å². The van der Waals surface area contributed by atoms with Gasteiger partial charge in [0.05, 0.1) is 11.4 Å². The molecule has 0 heterocycles. The van der Waals surface area contributed by atoms with Crippen LogP contribution in [0.25, 0.3) is 0 Å². The third kappa shape index (κ3) is 12.6. The highest BCUT2D eigenvalue weighted by Crippen LogP contribution is 2.40. The Morgan fingerprint density at radius 2 is 1.58 bits per heavy atom. The van der Waals surface area contributed by atoms with Crippen molar-refractivity contribution in [1.29, 1.82) is 0 Å². The molecule has 0 spiro atoms. The van der Waals surface area contributed by atoms with Crippen molar-refractivity contribution < 1.29 is 29.7 Å². The summed E-state index contributed by atoms with van der Waals surface area (Å²) in [6.45, 7) is 2.22. The molecule has 2 aromatic carbocycles. The molecule has 7 nitrogen and oxygen atoms in total. The van der Waals surface area contributed by atoms with Crippen LogP contribution in [-0.4, -0.2) is 39.3 Å². The van der Waals surface area contributed by atoms with Gasteiger partial charge >= 0.3 is 11.9 Å². The second-order valence-electron chi connectivity index (χ2n) is 9.65. The van der Waals surface area contributed by atoms with Crippen LogP contribution >= 0.6 is 11.8 Å². The molecule has 2 rings (SSSR count). The predicted octanol–water partition coefficient (Wildman–Crippen LogP) is 6.84. The number of hydrogen-bond acceptors (Lipinski definition) is 5. The number of hydrogen-bond donors (Lipinski definition) is 4. The van der Waals surface area contributed by atoms with Crippen molar-refractivity contribution >= 4 is 35.3 Å². The van der Waals surface area contributed by atoms with Crippen LogP contribution in [0.15, 0.2) is 53.4 Å². The molecule has 0 aliphatic carbocycles. The van der Waals surface area contributed by atoms with Gasteiger partial charge in [0, 0.05) is 17.0 Å². The lowest BCUT2D eigenvalue weighted by Crippen LogP contribution is -2.17. The Kier molecular flexibility index (Phi) is 14.6. The van der Waals surface area contributed by atoms with Crippen LogP contribution in [0.4, 0.5) is 5.69 Å². The Morgan fingerprint density at radius 1 is 0.868 bits per heavy atom. The summed E-state index contributed by atoms with van der Waals surface area (Å²) in [7, 11) is 0. The highest BCUT2D eigenvalue weighted by molar-refractivity contribution is 7.99. The first-order valence-corrected chi connectivity index (χ1v) is 14.4. The van der Waals surface area contributed by atoms with Gasteiger partial charge in [-0.25, -0.2) is 0 Å². The minimum absolute atomic E-state index is 0.00215. The lowest BCUT2D eigenvalue weighted by molar-refractivity contribution is -0.140. The molecule has 38 heavy (non-hydrogen) atoms. The number of rotatable bonds is 19. The number of benzene rings is 2. The Balaban J connectivity index is 2.12. The lowest BCUT2D eigenvalue weighted by atomic mass is 9.98. The van der Waals surface area contributed by atoms with Crippen LogP contribution in [-0.2, 0) is 20.8 Å². The lowest BCUT2D eigenvalue weighted by Gasteiger charge is -2.24. The fourth-order valence-electron chi connectivity index (χ4n) is 4.33. The van der Waals surface area contributed by atoms with E-state index in [9.17, 15) is 19.5 Å². The van der Waals surface area contributed by atoms with Crippen molar-refractivity contribution in [3.05, 3.63) is 59.7 Å². The molecule has 0 aliphatic rings. The molecule has 2 atom stereocenters. The highest BCUT2D eigenvalue weighted by Gasteiger charge is 2.23. The topological polar surface area (TPSA) is 124 Å². The first-order valence-electron chi connectivity index (χ1n) is 13.6. The molecule has 0 saturated heterocycles. The number of aliphatic carboxylic acids is 2. The quantitative estimate of drug-likeness (QED) is 0.0868. The highest BCUT2D eigenvalue weighted by atomic mass is 32.2. The number of aliphatic hydroxyl groups is 1. The minimum Gasteiger partial charge on any atom is -0.481 e. The van der Waals surface area contributed by atoms with Crippen LogP contribution in [0.3, 0.4) is 0 Å². The molecule has 8 heteroatoms. The number of aliphatic hydroxyl groups excluding tert-OH is 1.